The van der Waals surface area contributed by atoms with Crippen LogP contribution < -0.4 is 5.73 Å². The van der Waals surface area contributed by atoms with Crippen LogP contribution in [0.15, 0.2) is 109 Å². The maximum absolute atomic E-state index is 12.6. The Morgan fingerprint density at radius 2 is 0.931 bits per heavy atom. The first-order valence-corrected chi connectivity index (χ1v) is 22.4. The molecule has 0 aliphatic rings. The van der Waals surface area contributed by atoms with Gasteiger partial charge in [0.25, 0.3) is 0 Å². The molecule has 0 saturated carbocycles. The van der Waals surface area contributed by atoms with Gasteiger partial charge in [-0.3, -0.25) is 23.4 Å². The van der Waals surface area contributed by atoms with E-state index in [9.17, 15) is 23.8 Å². The number of carbonyl (C=O) groups is 3. The molecule has 12 heteroatoms. The van der Waals surface area contributed by atoms with Crippen LogP contribution >= 0.6 is 7.82 Å². The molecule has 0 aromatic carbocycles. The average Bonchev–Trinajstić information content (AvgIpc) is 3.20. The summed E-state index contributed by atoms with van der Waals surface area (Å²) in [6, 6.07) is -1.54. The molecule has 0 fully saturated rings. The Labute approximate surface area is 348 Å². The third-order valence-corrected chi connectivity index (χ3v) is 8.97. The van der Waals surface area contributed by atoms with Crippen molar-refractivity contribution in [3.63, 3.8) is 0 Å². The van der Waals surface area contributed by atoms with Gasteiger partial charge in [-0.1, -0.05) is 136 Å². The molecule has 3 atom stereocenters. The number of unbranched alkanes of at least 4 members (excludes halogenated alkanes) is 5. The van der Waals surface area contributed by atoms with E-state index in [-0.39, 0.29) is 19.4 Å². The van der Waals surface area contributed by atoms with Crippen molar-refractivity contribution < 1.29 is 47.5 Å². The highest BCUT2D eigenvalue weighted by molar-refractivity contribution is 7.47. The van der Waals surface area contributed by atoms with Gasteiger partial charge in [-0.25, -0.2) is 4.57 Å². The summed E-state index contributed by atoms with van der Waals surface area (Å²) in [5, 5.41) is 8.88. The zero-order chi connectivity index (χ0) is 42.8. The third-order valence-electron chi connectivity index (χ3n) is 8.02. The van der Waals surface area contributed by atoms with E-state index in [2.05, 4.69) is 116 Å². The van der Waals surface area contributed by atoms with Crippen LogP contribution in [0.3, 0.4) is 0 Å². The number of ether oxygens (including phenoxy) is 2. The molecule has 0 spiro atoms. The van der Waals surface area contributed by atoms with Crippen molar-refractivity contribution in [3.05, 3.63) is 109 Å². The number of esters is 2. The molecule has 0 rings (SSSR count). The third kappa shape index (κ3) is 39.0. The van der Waals surface area contributed by atoms with Crippen LogP contribution in [0.25, 0.3) is 0 Å². The summed E-state index contributed by atoms with van der Waals surface area (Å²) in [4.78, 5) is 45.9. The number of carboxylic acid groups (broad SMARTS) is 1. The summed E-state index contributed by atoms with van der Waals surface area (Å²) in [5.74, 6) is -2.50. The predicted octanol–water partition coefficient (Wildman–Crippen LogP) is 11.1. The molecule has 0 aliphatic heterocycles. The second-order valence-corrected chi connectivity index (χ2v) is 14.8. The smallest absolute Gasteiger partial charge is 0.472 e. The van der Waals surface area contributed by atoms with Crippen LogP contribution in [-0.2, 0) is 37.5 Å². The fourth-order valence-electron chi connectivity index (χ4n) is 4.79. The molecular formula is C46H72NO10P. The largest absolute Gasteiger partial charge is 0.480 e. The van der Waals surface area contributed by atoms with Gasteiger partial charge in [0.05, 0.1) is 13.2 Å². The van der Waals surface area contributed by atoms with Gasteiger partial charge in [0.1, 0.15) is 12.6 Å². The van der Waals surface area contributed by atoms with Crippen LogP contribution in [0.1, 0.15) is 129 Å². The van der Waals surface area contributed by atoms with Crippen LogP contribution in [0.4, 0.5) is 0 Å². The Kier molecular flexibility index (Phi) is 37.3. The number of allylic oxidation sites excluding steroid dienone is 18. The number of phosphoric ester groups is 1. The zero-order valence-corrected chi connectivity index (χ0v) is 36.0. The van der Waals surface area contributed by atoms with Gasteiger partial charge in [0.2, 0.25) is 0 Å². The Morgan fingerprint density at radius 3 is 1.40 bits per heavy atom. The molecule has 3 unspecified atom stereocenters. The Hall–Kier alpha value is -3.86. The van der Waals surface area contributed by atoms with E-state index >= 15 is 0 Å². The minimum Gasteiger partial charge on any atom is -0.480 e. The van der Waals surface area contributed by atoms with Crippen LogP contribution in [0.2, 0.25) is 0 Å². The van der Waals surface area contributed by atoms with E-state index in [1.165, 1.54) is 0 Å². The van der Waals surface area contributed by atoms with Crippen molar-refractivity contribution in [1.29, 1.82) is 0 Å². The summed E-state index contributed by atoms with van der Waals surface area (Å²) in [6.45, 7) is 2.46. The Morgan fingerprint density at radius 1 is 0.534 bits per heavy atom. The molecule has 326 valence electrons. The highest BCUT2D eigenvalue weighted by atomic mass is 31.2. The van der Waals surface area contributed by atoms with E-state index in [1.807, 2.05) is 12.2 Å². The number of carbonyl (C=O) groups excluding carboxylic acids is 2. The molecule has 0 saturated heterocycles. The van der Waals surface area contributed by atoms with Crippen LogP contribution in [-0.4, -0.2) is 59.9 Å². The summed E-state index contributed by atoms with van der Waals surface area (Å²) in [5.41, 5.74) is 5.32. The first kappa shape index (κ1) is 54.1. The molecule has 0 heterocycles. The summed E-state index contributed by atoms with van der Waals surface area (Å²) in [6.07, 6.45) is 51.6. The molecule has 0 radical (unpaired) electrons. The molecule has 4 N–H and O–H groups in total. The number of rotatable bonds is 37. The predicted molar refractivity (Wildman–Crippen MR) is 235 cm³/mol. The lowest BCUT2D eigenvalue weighted by Gasteiger charge is -2.20. The van der Waals surface area contributed by atoms with Gasteiger partial charge in [-0.2, -0.15) is 0 Å². The molecular weight excluding hydrogens is 757 g/mol. The molecule has 58 heavy (non-hydrogen) atoms. The standard InChI is InChI=1S/C46H72NO10P/c1-3-5-7-9-11-13-15-17-19-21-23-25-27-29-31-33-35-37-44(48)54-39-42(40-55-58(52,53)56-41-43(47)46(50)51)57-45(49)38-36-34-32-30-28-26-24-22-20-18-16-14-12-10-8-6-4-2/h5-8,11-14,17-20,23-26,30,32,42-43H,3-4,9-10,15-16,21-22,27-29,31,33-41,47H2,1-2H3,(H,50,51)(H,52,53)/b7-5-,8-6-,13-11-,14-12-,19-17-,20-18-,25-23-,26-24-,32-30-. The number of phosphoric acid groups is 1. The van der Waals surface area contributed by atoms with Gasteiger partial charge in [0.15, 0.2) is 6.10 Å². The van der Waals surface area contributed by atoms with E-state index in [4.69, 9.17) is 24.8 Å². The lowest BCUT2D eigenvalue weighted by atomic mass is 10.1. The topological polar surface area (TPSA) is 172 Å². The number of hydrogen-bond acceptors (Lipinski definition) is 9. The van der Waals surface area contributed by atoms with Crippen molar-refractivity contribution in [2.75, 3.05) is 19.8 Å². The Bertz CT molecular complexity index is 1390. The van der Waals surface area contributed by atoms with Crippen molar-refractivity contribution >= 4 is 25.7 Å². The fourth-order valence-corrected chi connectivity index (χ4v) is 5.57. The van der Waals surface area contributed by atoms with Gasteiger partial charge in [-0.15, -0.1) is 0 Å². The number of nitrogens with two attached hydrogens (primary N) is 1. The van der Waals surface area contributed by atoms with Crippen molar-refractivity contribution in [2.45, 2.75) is 142 Å². The van der Waals surface area contributed by atoms with E-state index in [0.717, 1.165) is 83.5 Å². The lowest BCUT2D eigenvalue weighted by molar-refractivity contribution is -0.161. The summed E-state index contributed by atoms with van der Waals surface area (Å²) >= 11 is 0. The SMILES string of the molecule is CC/C=C\C/C=C\C/C=C\C/C=C\C/C=C\CCCC(=O)OC(COC(=O)CCCCCC/C=C\C/C=C\C/C=C\C/C=C\CC)COP(=O)(O)OCC(N)C(=O)O. The zero-order valence-electron chi connectivity index (χ0n) is 35.1. The van der Waals surface area contributed by atoms with Gasteiger partial charge >= 0.3 is 25.7 Å². The van der Waals surface area contributed by atoms with Crippen molar-refractivity contribution in [1.82, 2.24) is 0 Å². The maximum atomic E-state index is 12.6. The van der Waals surface area contributed by atoms with Gasteiger partial charge < -0.3 is 25.2 Å². The van der Waals surface area contributed by atoms with E-state index < -0.39 is 51.1 Å². The second-order valence-electron chi connectivity index (χ2n) is 13.4. The lowest BCUT2D eigenvalue weighted by Crippen LogP contribution is -2.34. The maximum Gasteiger partial charge on any atom is 0.472 e. The molecule has 0 aromatic heterocycles. The number of aliphatic carboxylic acids is 1. The van der Waals surface area contributed by atoms with E-state index in [0.29, 0.717) is 19.3 Å². The Balaban J connectivity index is 4.56. The molecule has 0 amide bonds. The summed E-state index contributed by atoms with van der Waals surface area (Å²) in [7, 11) is -4.75. The minimum atomic E-state index is -4.75. The monoisotopic (exact) mass is 829 g/mol. The highest BCUT2D eigenvalue weighted by Gasteiger charge is 2.28. The number of hydrogen-bond donors (Lipinski definition) is 3. The molecule has 0 aromatic rings. The van der Waals surface area contributed by atoms with Gasteiger partial charge in [-0.05, 0) is 89.9 Å². The first-order valence-electron chi connectivity index (χ1n) is 20.9. The molecule has 0 bridgehead atoms. The quantitative estimate of drug-likeness (QED) is 0.0235. The molecule has 11 nitrogen and oxygen atoms in total. The van der Waals surface area contributed by atoms with Gasteiger partial charge in [0, 0.05) is 12.8 Å². The highest BCUT2D eigenvalue weighted by Crippen LogP contribution is 2.43. The molecule has 0 aliphatic carbocycles. The van der Waals surface area contributed by atoms with E-state index in [1.54, 1.807) is 0 Å². The van der Waals surface area contributed by atoms with Crippen molar-refractivity contribution in [3.8, 4) is 0 Å². The van der Waals surface area contributed by atoms with Crippen molar-refractivity contribution in [2.24, 2.45) is 5.73 Å². The number of carboxylic acids is 1. The van der Waals surface area contributed by atoms with Crippen LogP contribution in [0, 0.1) is 0 Å². The normalized spacial score (nSPS) is 14.8. The first-order chi connectivity index (χ1) is 28.1. The van der Waals surface area contributed by atoms with Crippen LogP contribution in [0.5, 0.6) is 0 Å². The second kappa shape index (κ2) is 39.9. The average molecular weight is 830 g/mol. The fraction of sp³-hybridized carbons (Fsp3) is 0.543. The summed E-state index contributed by atoms with van der Waals surface area (Å²) < 4.78 is 32.6. The minimum absolute atomic E-state index is 0.0699.